The van der Waals surface area contributed by atoms with Crippen molar-refractivity contribution in [2.45, 2.75) is 0 Å². The van der Waals surface area contributed by atoms with Crippen molar-refractivity contribution in [1.82, 2.24) is 0 Å². The predicted molar refractivity (Wildman–Crippen MR) is 198 cm³/mol. The summed E-state index contributed by atoms with van der Waals surface area (Å²) in [6, 6.07) is 23.5. The van der Waals surface area contributed by atoms with Crippen LogP contribution in [0.15, 0.2) is 91.0 Å². The lowest BCUT2D eigenvalue weighted by molar-refractivity contribution is 0.0370. The standard InChI is InChI=1S/3C13H8O6.3Al/c3*14-11(15)6-1-2-9-7(3-6)4-8(12(16)17)5-10(9)13(18)19;;;/h3*1-5H,(H,14,15)(H,16,17)(H,18,19);;;/q;;;3*+3/p-9. The van der Waals surface area contributed by atoms with Gasteiger partial charge in [0.05, 0.1) is 50.1 Å². The minimum Gasteiger partial charge on any atom is -0.547 e. The fourth-order valence-electron chi connectivity index (χ4n) is 6.95. The maximum Gasteiger partial charge on any atom is 1.20 e. The van der Waals surface area contributed by atoms with Gasteiger partial charge in [0.15, 0.2) is 0 Å². The number of carbonyl (C=O) groups is 9. The zero-order valence-electron chi connectivity index (χ0n) is 29.7. The number of hydrogen-bond acceptors (Lipinski definition) is 18. The van der Waals surface area contributed by atoms with E-state index in [4.69, 9.17) is 34.1 Å². The van der Waals surface area contributed by atoms with Crippen molar-refractivity contribution in [3.63, 3.8) is 0 Å². The van der Waals surface area contributed by atoms with Crippen LogP contribution in [0.3, 0.4) is 0 Å². The van der Waals surface area contributed by atoms with Crippen molar-refractivity contribution in [3.05, 3.63) is 141 Å². The first kappa shape index (κ1) is 37.2. The molecule has 288 valence electrons. The van der Waals surface area contributed by atoms with Crippen molar-refractivity contribution in [2.24, 2.45) is 0 Å². The Morgan fingerprint density at radius 2 is 0.467 bits per heavy atom. The molecule has 6 aromatic rings. The van der Waals surface area contributed by atoms with Gasteiger partial charge in [0, 0.05) is 0 Å². The fraction of sp³-hybridized carbons (Fsp3) is 0. The van der Waals surface area contributed by atoms with Gasteiger partial charge < -0.3 is 34.1 Å². The second-order valence-electron chi connectivity index (χ2n) is 13.4. The highest BCUT2D eigenvalue weighted by atomic mass is 27.3. The molecule has 0 unspecified atom stereocenters. The van der Waals surface area contributed by atoms with Crippen LogP contribution in [0.25, 0.3) is 32.3 Å². The Balaban J connectivity index is 0.000000108. The lowest BCUT2D eigenvalue weighted by Gasteiger charge is -2.20. The molecule has 12 heterocycles. The average molecular weight is 852 g/mol. The molecule has 12 aliphatic heterocycles. The van der Waals surface area contributed by atoms with Gasteiger partial charge in [-0.05, 0) is 105 Å². The molecule has 0 aliphatic carbocycles. The monoisotopic (exact) mass is 852 g/mol. The third-order valence-corrected chi connectivity index (χ3v) is 13.4. The quantitative estimate of drug-likeness (QED) is 0.197. The number of rotatable bonds is 0. The Labute approximate surface area is 348 Å². The van der Waals surface area contributed by atoms with Gasteiger partial charge in [0.2, 0.25) is 0 Å². The summed E-state index contributed by atoms with van der Waals surface area (Å²) in [6.07, 6.45) is 0. The highest BCUT2D eigenvalue weighted by Crippen LogP contribution is 2.31. The molecule has 18 bridgehead atoms. The molecule has 0 N–H and O–H groups in total. The molecular formula is C39H15Al3O18. The largest absolute Gasteiger partial charge is 1.20 e. The number of fused-ring (bicyclic) bond motifs is 6. The van der Waals surface area contributed by atoms with E-state index in [2.05, 4.69) is 0 Å². The van der Waals surface area contributed by atoms with E-state index in [0.29, 0.717) is 49.0 Å². The molecule has 18 rings (SSSR count). The molecule has 0 saturated carbocycles. The Hall–Kier alpha value is -7.07. The third-order valence-electron chi connectivity index (χ3n) is 9.76. The Morgan fingerprint density at radius 3 is 0.733 bits per heavy atom. The van der Waals surface area contributed by atoms with Gasteiger partial charge >= 0.3 is 99.2 Å². The number of hydrogen-bond donors (Lipinski definition) is 0. The summed E-state index contributed by atoms with van der Waals surface area (Å²) in [7, 11) is 0. The molecule has 6 aromatic carbocycles. The topological polar surface area (TPSA) is 237 Å². The summed E-state index contributed by atoms with van der Waals surface area (Å²) >= 11 is -9.55. The molecule has 18 nitrogen and oxygen atoms in total. The molecule has 0 radical (unpaired) electrons. The second-order valence-corrected chi connectivity index (χ2v) is 17.2. The van der Waals surface area contributed by atoms with Gasteiger partial charge in [-0.15, -0.1) is 0 Å². The summed E-state index contributed by atoms with van der Waals surface area (Å²) < 4.78 is 45.0. The summed E-state index contributed by atoms with van der Waals surface area (Å²) in [6.45, 7) is 0. The first-order valence-electron chi connectivity index (χ1n) is 17.5. The van der Waals surface area contributed by atoms with E-state index in [0.717, 1.165) is 0 Å². The Bertz CT molecular complexity index is 2750. The Morgan fingerprint density at radius 1 is 0.250 bits per heavy atom. The van der Waals surface area contributed by atoms with E-state index in [1.807, 2.05) is 0 Å². The molecule has 0 aromatic heterocycles. The van der Waals surface area contributed by atoms with Crippen molar-refractivity contribution < 1.29 is 77.2 Å². The number of carbonyl (C=O) groups excluding carboxylic acids is 9. The van der Waals surface area contributed by atoms with E-state index in [9.17, 15) is 43.2 Å². The van der Waals surface area contributed by atoms with Crippen LogP contribution in [-0.2, 0) is 34.1 Å². The van der Waals surface area contributed by atoms with E-state index in [-0.39, 0.29) is 33.4 Å². The summed E-state index contributed by atoms with van der Waals surface area (Å²) in [5.41, 5.74) is 2.55. The molecule has 0 amide bonds. The average Bonchev–Trinajstić information content (AvgIpc) is 3.22. The minimum absolute atomic E-state index is 0.247. The molecule has 0 fully saturated rings. The fourth-order valence-corrected chi connectivity index (χ4v) is 10.2. The Kier molecular flexibility index (Phi) is 8.71. The highest BCUT2D eigenvalue weighted by molar-refractivity contribution is 6.48. The first-order chi connectivity index (χ1) is 28.8. The van der Waals surface area contributed by atoms with Crippen LogP contribution < -0.4 is 0 Å². The van der Waals surface area contributed by atoms with Crippen molar-refractivity contribution in [1.29, 1.82) is 0 Å². The van der Waals surface area contributed by atoms with Crippen LogP contribution in [0, 0.1) is 0 Å². The molecule has 0 atom stereocenters. The smallest absolute Gasteiger partial charge is 0.547 e. The first-order valence-corrected chi connectivity index (χ1v) is 21.7. The molecular weight excluding hydrogens is 837 g/mol. The van der Waals surface area contributed by atoms with Gasteiger partial charge in [-0.1, -0.05) is 18.2 Å². The lowest BCUT2D eigenvalue weighted by atomic mass is 9.99. The molecule has 12 aliphatic rings. The zero-order chi connectivity index (χ0) is 41.6. The summed E-state index contributed by atoms with van der Waals surface area (Å²) in [5.74, 6) is -5.91. The van der Waals surface area contributed by atoms with Gasteiger partial charge in [0.1, 0.15) is 0 Å². The van der Waals surface area contributed by atoms with Crippen LogP contribution in [0.2, 0.25) is 0 Å². The second kappa shape index (κ2) is 14.0. The van der Waals surface area contributed by atoms with Gasteiger partial charge in [-0.25, -0.2) is 43.2 Å². The zero-order valence-corrected chi connectivity index (χ0v) is 33.2. The SMILES string of the molecule is O=C1[O][Al]2[O]C(=O)c3cc(c4ccc1cc4c3)C(=O)[O]2.O=C1[O][Al]2[O]C(=O)c3cc(c4ccc1cc4c3)C(=O)[O]2.O=C1[O][Al]2[O]C(=O)c3cc(c4ccc1cc4c3)C(=O)[O]2. The van der Waals surface area contributed by atoms with Crippen LogP contribution in [0.1, 0.15) is 93.2 Å². The molecule has 0 saturated heterocycles. The molecule has 60 heavy (non-hydrogen) atoms. The van der Waals surface area contributed by atoms with Gasteiger partial charge in [0.25, 0.3) is 0 Å². The summed E-state index contributed by atoms with van der Waals surface area (Å²) in [4.78, 5) is 108. The van der Waals surface area contributed by atoms with E-state index in [1.54, 1.807) is 72.8 Å². The van der Waals surface area contributed by atoms with E-state index >= 15 is 0 Å². The van der Waals surface area contributed by atoms with E-state index in [1.165, 1.54) is 18.2 Å². The highest BCUT2D eigenvalue weighted by Gasteiger charge is 2.53. The van der Waals surface area contributed by atoms with Crippen molar-refractivity contribution in [2.75, 3.05) is 0 Å². The molecule has 0 spiro atoms. The molecule has 21 heteroatoms. The normalized spacial score (nSPS) is 16.4. The maximum absolute atomic E-state index is 12.1. The third kappa shape index (κ3) is 6.48. The van der Waals surface area contributed by atoms with Crippen molar-refractivity contribution in [3.8, 4) is 0 Å². The lowest BCUT2D eigenvalue weighted by Crippen LogP contribution is -2.37. The maximum atomic E-state index is 12.1. The van der Waals surface area contributed by atoms with Gasteiger partial charge in [-0.2, -0.15) is 0 Å². The van der Waals surface area contributed by atoms with Crippen molar-refractivity contribution >= 4 is 131 Å². The predicted octanol–water partition coefficient (Wildman–Crippen LogP) is 3.97. The van der Waals surface area contributed by atoms with Gasteiger partial charge in [-0.3, -0.25) is 0 Å². The van der Waals surface area contributed by atoms with Crippen LogP contribution in [-0.4, -0.2) is 99.2 Å². The van der Waals surface area contributed by atoms with Crippen LogP contribution >= 0.6 is 0 Å². The van der Waals surface area contributed by atoms with Crippen LogP contribution in [0.4, 0.5) is 0 Å². The minimum atomic E-state index is -3.18. The summed E-state index contributed by atoms with van der Waals surface area (Å²) in [5, 5.41) is 3.63. The van der Waals surface area contributed by atoms with Crippen LogP contribution in [0.5, 0.6) is 0 Å². The number of benzene rings is 6. The van der Waals surface area contributed by atoms with E-state index < -0.39 is 99.2 Å².